The van der Waals surface area contributed by atoms with Gasteiger partial charge in [-0.15, -0.1) is 10.2 Å². The number of β-amino-alcohol motifs (C(OH)–C–C–N with tert-alkyl or cyclic N) is 1. The molecule has 1 aliphatic heterocycles. The van der Waals surface area contributed by atoms with Crippen LogP contribution in [0.2, 0.25) is 0 Å². The molecule has 8 heteroatoms. The van der Waals surface area contributed by atoms with E-state index in [2.05, 4.69) is 47.8 Å². The highest BCUT2D eigenvalue weighted by molar-refractivity contribution is 7.82. The molecule has 3 rings (SSSR count). The van der Waals surface area contributed by atoms with Crippen molar-refractivity contribution >= 4 is 16.8 Å². The highest BCUT2D eigenvalue weighted by Crippen LogP contribution is 2.23. The summed E-state index contributed by atoms with van der Waals surface area (Å²) < 4.78 is 15.6. The maximum Gasteiger partial charge on any atom is 0.163 e. The van der Waals surface area contributed by atoms with Gasteiger partial charge in [-0.2, -0.15) is 5.26 Å². The lowest BCUT2D eigenvalue weighted by molar-refractivity contribution is 0.174. The zero-order valence-electron chi connectivity index (χ0n) is 16.3. The van der Waals surface area contributed by atoms with Gasteiger partial charge in [0, 0.05) is 13.1 Å². The van der Waals surface area contributed by atoms with Crippen molar-refractivity contribution in [3.8, 4) is 6.07 Å². The summed E-state index contributed by atoms with van der Waals surface area (Å²) in [6.45, 7) is 7.32. The number of rotatable bonds is 5. The van der Waals surface area contributed by atoms with Crippen LogP contribution in [-0.2, 0) is 22.2 Å². The molecular weight excluding hydrogens is 374 g/mol. The fourth-order valence-corrected chi connectivity index (χ4v) is 4.25. The lowest BCUT2D eigenvalue weighted by Gasteiger charge is -2.19. The predicted molar refractivity (Wildman–Crippen MR) is 109 cm³/mol. The van der Waals surface area contributed by atoms with Gasteiger partial charge in [-0.1, -0.05) is 45.0 Å². The minimum atomic E-state index is -1.30. The van der Waals surface area contributed by atoms with E-state index in [0.29, 0.717) is 24.7 Å². The average Bonchev–Trinajstić information content (AvgIpc) is 3.02. The summed E-state index contributed by atoms with van der Waals surface area (Å²) in [4.78, 5) is 1.87. The highest BCUT2D eigenvalue weighted by Gasteiger charge is 2.33. The van der Waals surface area contributed by atoms with Gasteiger partial charge in [0.1, 0.15) is 6.07 Å². The fraction of sp³-hybridized carbons (Fsp3) is 0.450. The second kappa shape index (κ2) is 8.35. The van der Waals surface area contributed by atoms with Crippen molar-refractivity contribution in [2.45, 2.75) is 44.1 Å². The summed E-state index contributed by atoms with van der Waals surface area (Å²) in [6.07, 6.45) is -0.662. The number of aromatic nitrogens is 2. The van der Waals surface area contributed by atoms with Crippen LogP contribution in [0.15, 0.2) is 36.4 Å². The third kappa shape index (κ3) is 4.93. The number of nitrogens with one attached hydrogen (secondary N) is 1. The summed E-state index contributed by atoms with van der Waals surface area (Å²) in [5, 5.41) is 27.0. The van der Waals surface area contributed by atoms with Gasteiger partial charge in [0.05, 0.1) is 28.9 Å². The molecule has 3 unspecified atom stereocenters. The molecule has 2 N–H and O–H groups in total. The van der Waals surface area contributed by atoms with E-state index in [0.717, 1.165) is 5.56 Å². The zero-order chi connectivity index (χ0) is 20.3. The molecule has 1 aromatic heterocycles. The van der Waals surface area contributed by atoms with Gasteiger partial charge in [-0.05, 0) is 28.7 Å². The third-order valence-corrected chi connectivity index (χ3v) is 5.94. The van der Waals surface area contributed by atoms with Gasteiger partial charge in [-0.25, -0.2) is 8.93 Å². The number of benzene rings is 1. The topological polar surface area (TPSA) is 102 Å². The van der Waals surface area contributed by atoms with E-state index >= 15 is 0 Å². The standard InChI is InChI=1S/C20H25N5O2S/c1-20(2,3)15-6-4-14(5-7-15)13-28(27)24-17-11-25(12-18(17)26)19-9-8-16(10-21)22-23-19/h4-9,17-18,24,26H,11-13H2,1-3H3. The summed E-state index contributed by atoms with van der Waals surface area (Å²) in [7, 11) is -1.30. The molecule has 1 fully saturated rings. The Morgan fingerprint density at radius 3 is 2.50 bits per heavy atom. The monoisotopic (exact) mass is 399 g/mol. The zero-order valence-corrected chi connectivity index (χ0v) is 17.1. The number of hydrogen-bond donors (Lipinski definition) is 2. The van der Waals surface area contributed by atoms with Gasteiger partial charge in [0.25, 0.3) is 0 Å². The Morgan fingerprint density at radius 2 is 1.93 bits per heavy atom. The molecule has 0 radical (unpaired) electrons. The first-order valence-corrected chi connectivity index (χ1v) is 10.5. The number of aliphatic hydroxyl groups excluding tert-OH is 1. The van der Waals surface area contributed by atoms with Crippen molar-refractivity contribution < 1.29 is 9.32 Å². The Balaban J connectivity index is 1.57. The van der Waals surface area contributed by atoms with E-state index in [1.807, 2.05) is 23.1 Å². The molecule has 0 aliphatic carbocycles. The maximum absolute atomic E-state index is 12.5. The van der Waals surface area contributed by atoms with E-state index in [1.54, 1.807) is 12.1 Å². The van der Waals surface area contributed by atoms with Crippen molar-refractivity contribution in [1.82, 2.24) is 14.9 Å². The minimum absolute atomic E-state index is 0.0850. The largest absolute Gasteiger partial charge is 0.390 e. The van der Waals surface area contributed by atoms with Crippen LogP contribution in [0.3, 0.4) is 0 Å². The van der Waals surface area contributed by atoms with E-state index in [9.17, 15) is 9.32 Å². The number of nitriles is 1. The van der Waals surface area contributed by atoms with Crippen molar-refractivity contribution in [2.24, 2.45) is 0 Å². The van der Waals surface area contributed by atoms with Crippen molar-refractivity contribution in [1.29, 1.82) is 5.26 Å². The number of nitrogens with zero attached hydrogens (tertiary/aromatic N) is 4. The second-order valence-corrected chi connectivity index (χ2v) is 9.24. The van der Waals surface area contributed by atoms with E-state index in [1.165, 1.54) is 5.56 Å². The maximum atomic E-state index is 12.5. The Hall–Kier alpha value is -2.34. The van der Waals surface area contributed by atoms with E-state index in [-0.39, 0.29) is 17.2 Å². The summed E-state index contributed by atoms with van der Waals surface area (Å²) in [5.74, 6) is 0.968. The van der Waals surface area contributed by atoms with E-state index in [4.69, 9.17) is 5.26 Å². The van der Waals surface area contributed by atoms with Crippen molar-refractivity contribution in [3.05, 3.63) is 53.2 Å². The van der Waals surface area contributed by atoms with Crippen LogP contribution in [0.25, 0.3) is 0 Å². The van der Waals surface area contributed by atoms with Gasteiger partial charge in [-0.3, -0.25) is 0 Å². The molecule has 0 spiro atoms. The van der Waals surface area contributed by atoms with Crippen molar-refractivity contribution in [3.63, 3.8) is 0 Å². The smallest absolute Gasteiger partial charge is 0.163 e. The summed E-state index contributed by atoms with van der Waals surface area (Å²) in [5.41, 5.74) is 2.56. The first-order valence-electron chi connectivity index (χ1n) is 9.17. The SMILES string of the molecule is CC(C)(C)c1ccc(CS(=O)NC2CN(c3ccc(C#N)nn3)CC2O)cc1. The van der Waals surface area contributed by atoms with Crippen molar-refractivity contribution in [2.75, 3.05) is 18.0 Å². The predicted octanol–water partition coefficient (Wildman–Crippen LogP) is 1.65. The van der Waals surface area contributed by atoms with Crippen LogP contribution in [0.1, 0.15) is 37.6 Å². The lowest BCUT2D eigenvalue weighted by atomic mass is 9.87. The Kier molecular flexibility index (Phi) is 6.08. The highest BCUT2D eigenvalue weighted by atomic mass is 32.2. The minimum Gasteiger partial charge on any atom is -0.390 e. The van der Waals surface area contributed by atoms with E-state index < -0.39 is 17.1 Å². The molecule has 2 aromatic rings. The van der Waals surface area contributed by atoms with Gasteiger partial charge < -0.3 is 10.0 Å². The number of hydrogen-bond acceptors (Lipinski definition) is 6. The molecule has 0 bridgehead atoms. The van der Waals surface area contributed by atoms with Gasteiger partial charge in [0.2, 0.25) is 0 Å². The normalized spacial score (nSPS) is 20.8. The second-order valence-electron chi connectivity index (χ2n) is 8.02. The van der Waals surface area contributed by atoms with Crippen LogP contribution in [0.5, 0.6) is 0 Å². The molecule has 1 aromatic carbocycles. The van der Waals surface area contributed by atoms with Crippen LogP contribution in [-0.4, -0.2) is 44.7 Å². The van der Waals surface area contributed by atoms with Crippen LogP contribution in [0.4, 0.5) is 5.82 Å². The molecule has 1 saturated heterocycles. The molecule has 2 heterocycles. The molecule has 1 aliphatic rings. The van der Waals surface area contributed by atoms with Crippen LogP contribution in [0, 0.1) is 11.3 Å². The first-order chi connectivity index (χ1) is 13.3. The van der Waals surface area contributed by atoms with Gasteiger partial charge >= 0.3 is 0 Å². The fourth-order valence-electron chi connectivity index (χ4n) is 3.11. The molecule has 0 saturated carbocycles. The Bertz CT molecular complexity index is 871. The molecule has 148 valence electrons. The quantitative estimate of drug-likeness (QED) is 0.793. The first kappa shape index (κ1) is 20.4. The average molecular weight is 400 g/mol. The lowest BCUT2D eigenvalue weighted by Crippen LogP contribution is -2.40. The molecule has 28 heavy (non-hydrogen) atoms. The number of aliphatic hydroxyl groups is 1. The van der Waals surface area contributed by atoms with Gasteiger partial charge in [0.15, 0.2) is 11.5 Å². The van der Waals surface area contributed by atoms with Crippen LogP contribution >= 0.6 is 0 Å². The summed E-state index contributed by atoms with van der Waals surface area (Å²) in [6, 6.07) is 13.0. The Labute approximate surface area is 168 Å². The molecular formula is C20H25N5O2S. The Morgan fingerprint density at radius 1 is 1.21 bits per heavy atom. The summed E-state index contributed by atoms with van der Waals surface area (Å²) >= 11 is 0. The third-order valence-electron chi connectivity index (χ3n) is 4.78. The molecule has 0 amide bonds. The van der Waals surface area contributed by atoms with Crippen LogP contribution < -0.4 is 9.62 Å². The molecule has 3 atom stereocenters. The number of anilines is 1. The molecule has 7 nitrogen and oxygen atoms in total.